The number of hydrogen-bond acceptors (Lipinski definition) is 8. The minimum Gasteiger partial charge on any atom is -0.489 e. The zero-order valence-corrected chi connectivity index (χ0v) is 22.7. The number of nitro benzene ring substituents is 1. The molecule has 1 aliphatic heterocycles. The summed E-state index contributed by atoms with van der Waals surface area (Å²) in [5, 5.41) is 14.1. The number of pyridine rings is 2. The Balaban J connectivity index is 1.12. The highest BCUT2D eigenvalue weighted by Crippen LogP contribution is 2.38. The normalized spacial score (nSPS) is 19.7. The van der Waals surface area contributed by atoms with Crippen molar-refractivity contribution in [3.05, 3.63) is 76.2 Å². The standard InChI is InChI=1S/C28H28F6N6O3/c29-27(30,31)18-1-8-26(36-15-18)39-11-9-38(10-12-39)21-14-23(17-35-16-21)43-22-5-2-19(3-6-22)37-20-4-7-25(40(41)42)24(13-20)28(32,33)34/h1,4,7-8,13-17,19,22,37H,2-3,5-6,9-12H2. The summed E-state index contributed by atoms with van der Waals surface area (Å²) in [6.45, 7) is 2.37. The maximum absolute atomic E-state index is 13.3. The molecule has 2 aliphatic rings. The van der Waals surface area contributed by atoms with Crippen LogP contribution in [-0.4, -0.2) is 53.2 Å². The van der Waals surface area contributed by atoms with Crippen LogP contribution in [0, 0.1) is 10.1 Å². The predicted molar refractivity (Wildman–Crippen MR) is 146 cm³/mol. The second-order valence-electron chi connectivity index (χ2n) is 10.5. The van der Waals surface area contributed by atoms with Crippen LogP contribution in [0.15, 0.2) is 55.0 Å². The van der Waals surface area contributed by atoms with Crippen LogP contribution in [0.4, 0.5) is 49.2 Å². The molecule has 43 heavy (non-hydrogen) atoms. The number of rotatable bonds is 7. The highest BCUT2D eigenvalue weighted by molar-refractivity contribution is 5.56. The number of benzene rings is 1. The van der Waals surface area contributed by atoms with E-state index in [-0.39, 0.29) is 17.8 Å². The number of nitrogens with zero attached hydrogens (tertiary/aromatic N) is 5. The molecule has 0 radical (unpaired) electrons. The molecule has 2 fully saturated rings. The monoisotopic (exact) mass is 610 g/mol. The summed E-state index contributed by atoms with van der Waals surface area (Å²) in [6.07, 6.45) is -2.63. The zero-order valence-electron chi connectivity index (χ0n) is 22.7. The molecule has 5 rings (SSSR count). The SMILES string of the molecule is O=[N+]([O-])c1ccc(NC2CCC(Oc3cncc(N4CCN(c5ccc(C(F)(F)F)cn5)CC4)c3)CC2)cc1C(F)(F)F. The quantitative estimate of drug-likeness (QED) is 0.183. The van der Waals surface area contributed by atoms with Gasteiger partial charge in [-0.3, -0.25) is 15.1 Å². The summed E-state index contributed by atoms with van der Waals surface area (Å²) in [6, 6.07) is 7.12. The molecule has 1 saturated heterocycles. The predicted octanol–water partition coefficient (Wildman–Crippen LogP) is 6.55. The Morgan fingerprint density at radius 3 is 2.16 bits per heavy atom. The van der Waals surface area contributed by atoms with E-state index in [9.17, 15) is 36.5 Å². The van der Waals surface area contributed by atoms with E-state index in [2.05, 4.69) is 20.2 Å². The van der Waals surface area contributed by atoms with Gasteiger partial charge in [0.15, 0.2) is 0 Å². The first-order valence-corrected chi connectivity index (χ1v) is 13.6. The van der Waals surface area contributed by atoms with Crippen molar-refractivity contribution < 1.29 is 36.0 Å². The molecular weight excluding hydrogens is 582 g/mol. The van der Waals surface area contributed by atoms with Crippen LogP contribution in [0.3, 0.4) is 0 Å². The lowest BCUT2D eigenvalue weighted by Crippen LogP contribution is -2.46. The number of nitrogens with one attached hydrogen (secondary N) is 1. The molecule has 3 heterocycles. The molecule has 15 heteroatoms. The highest BCUT2D eigenvalue weighted by atomic mass is 19.4. The molecule has 1 aromatic carbocycles. The highest BCUT2D eigenvalue weighted by Gasteiger charge is 2.38. The van der Waals surface area contributed by atoms with Gasteiger partial charge >= 0.3 is 12.4 Å². The number of hydrogen-bond donors (Lipinski definition) is 1. The van der Waals surface area contributed by atoms with Crippen LogP contribution in [0.25, 0.3) is 0 Å². The average molecular weight is 611 g/mol. The van der Waals surface area contributed by atoms with E-state index in [4.69, 9.17) is 4.74 Å². The van der Waals surface area contributed by atoms with Gasteiger partial charge in [0.2, 0.25) is 0 Å². The minimum atomic E-state index is -4.84. The first-order valence-electron chi connectivity index (χ1n) is 13.6. The molecule has 0 bridgehead atoms. The van der Waals surface area contributed by atoms with E-state index in [0.717, 1.165) is 30.1 Å². The number of alkyl halides is 6. The number of ether oxygens (including phenoxy) is 1. The Bertz CT molecular complexity index is 1420. The molecule has 0 atom stereocenters. The van der Waals surface area contributed by atoms with E-state index >= 15 is 0 Å². The van der Waals surface area contributed by atoms with Gasteiger partial charge in [-0.25, -0.2) is 4.98 Å². The Hall–Kier alpha value is -4.30. The van der Waals surface area contributed by atoms with Crippen molar-refractivity contribution >= 4 is 22.9 Å². The number of aromatic nitrogens is 2. The number of anilines is 3. The number of piperazine rings is 1. The van der Waals surface area contributed by atoms with E-state index in [1.54, 1.807) is 12.4 Å². The summed E-state index contributed by atoms with van der Waals surface area (Å²) >= 11 is 0. The topological polar surface area (TPSA) is 96.7 Å². The smallest absolute Gasteiger partial charge is 0.423 e. The van der Waals surface area contributed by atoms with Gasteiger partial charge < -0.3 is 19.9 Å². The van der Waals surface area contributed by atoms with Gasteiger partial charge in [-0.15, -0.1) is 0 Å². The van der Waals surface area contributed by atoms with E-state index in [1.165, 1.54) is 12.1 Å². The fourth-order valence-electron chi connectivity index (χ4n) is 5.34. The van der Waals surface area contributed by atoms with Gasteiger partial charge in [0.05, 0.1) is 34.7 Å². The second kappa shape index (κ2) is 12.1. The molecule has 0 spiro atoms. The Morgan fingerprint density at radius 2 is 1.56 bits per heavy atom. The first-order chi connectivity index (χ1) is 20.4. The second-order valence-corrected chi connectivity index (χ2v) is 10.5. The fourth-order valence-corrected chi connectivity index (χ4v) is 5.34. The number of halogens is 6. The summed E-state index contributed by atoms with van der Waals surface area (Å²) < 4.78 is 84.6. The van der Waals surface area contributed by atoms with Crippen molar-refractivity contribution in [2.45, 2.75) is 50.2 Å². The van der Waals surface area contributed by atoms with Gasteiger partial charge in [-0.1, -0.05) is 0 Å². The van der Waals surface area contributed by atoms with Crippen molar-refractivity contribution in [3.8, 4) is 5.75 Å². The van der Waals surface area contributed by atoms with Gasteiger partial charge in [-0.05, 0) is 49.9 Å². The minimum absolute atomic E-state index is 0.109. The zero-order chi connectivity index (χ0) is 30.8. The van der Waals surface area contributed by atoms with Crippen molar-refractivity contribution in [2.75, 3.05) is 41.3 Å². The molecule has 0 unspecified atom stereocenters. The molecule has 9 nitrogen and oxygen atoms in total. The molecule has 1 saturated carbocycles. The Morgan fingerprint density at radius 1 is 0.860 bits per heavy atom. The molecule has 0 amide bonds. The van der Waals surface area contributed by atoms with Crippen molar-refractivity contribution in [1.29, 1.82) is 0 Å². The average Bonchev–Trinajstić information content (AvgIpc) is 2.97. The summed E-state index contributed by atoms with van der Waals surface area (Å²) in [7, 11) is 0. The van der Waals surface area contributed by atoms with Gasteiger partial charge in [0, 0.05) is 56.2 Å². The third-order valence-electron chi connectivity index (χ3n) is 7.59. The molecule has 2 aromatic heterocycles. The lowest BCUT2D eigenvalue weighted by atomic mass is 9.92. The third-order valence-corrected chi connectivity index (χ3v) is 7.59. The van der Waals surface area contributed by atoms with Crippen LogP contribution in [0.2, 0.25) is 0 Å². The van der Waals surface area contributed by atoms with Crippen molar-refractivity contribution in [1.82, 2.24) is 9.97 Å². The maximum Gasteiger partial charge on any atom is 0.423 e. The lowest BCUT2D eigenvalue weighted by molar-refractivity contribution is -0.388. The first kappa shape index (κ1) is 30.2. The van der Waals surface area contributed by atoms with Gasteiger partial charge in [0.25, 0.3) is 5.69 Å². The van der Waals surface area contributed by atoms with Crippen molar-refractivity contribution in [3.63, 3.8) is 0 Å². The fraction of sp³-hybridized carbons (Fsp3) is 0.429. The van der Waals surface area contributed by atoms with E-state index in [1.807, 2.05) is 11.0 Å². The summed E-state index contributed by atoms with van der Waals surface area (Å²) in [5.74, 6) is 1.08. The molecule has 1 aliphatic carbocycles. The lowest BCUT2D eigenvalue weighted by Gasteiger charge is -2.36. The van der Waals surface area contributed by atoms with E-state index in [0.29, 0.717) is 63.4 Å². The third kappa shape index (κ3) is 7.38. The van der Waals surface area contributed by atoms with Crippen LogP contribution in [0.5, 0.6) is 5.75 Å². The Kier molecular flexibility index (Phi) is 8.51. The number of nitro groups is 1. The maximum atomic E-state index is 13.3. The summed E-state index contributed by atoms with van der Waals surface area (Å²) in [4.78, 5) is 22.3. The van der Waals surface area contributed by atoms with Crippen molar-refractivity contribution in [2.24, 2.45) is 0 Å². The largest absolute Gasteiger partial charge is 0.489 e. The van der Waals surface area contributed by atoms with Gasteiger partial charge in [0.1, 0.15) is 17.1 Å². The van der Waals surface area contributed by atoms with Crippen LogP contribution < -0.4 is 19.9 Å². The van der Waals surface area contributed by atoms with Crippen LogP contribution in [-0.2, 0) is 12.4 Å². The summed E-state index contributed by atoms with van der Waals surface area (Å²) in [5.41, 5.74) is -2.03. The van der Waals surface area contributed by atoms with Crippen LogP contribution in [0.1, 0.15) is 36.8 Å². The van der Waals surface area contributed by atoms with E-state index < -0.39 is 34.1 Å². The Labute approximate surface area is 242 Å². The van der Waals surface area contributed by atoms with Gasteiger partial charge in [-0.2, -0.15) is 26.3 Å². The molecule has 230 valence electrons. The molecule has 3 aromatic rings. The molecular formula is C28H28F6N6O3. The van der Waals surface area contributed by atoms with Crippen LogP contribution >= 0.6 is 0 Å². The molecule has 1 N–H and O–H groups in total.